The number of pyridine rings is 1. The summed E-state index contributed by atoms with van der Waals surface area (Å²) in [4.78, 5) is 47.6. The van der Waals surface area contributed by atoms with E-state index in [0.717, 1.165) is 5.01 Å². The van der Waals surface area contributed by atoms with Crippen LogP contribution in [0.1, 0.15) is 37.0 Å². The Morgan fingerprint density at radius 3 is 2.00 bits per heavy atom. The smallest absolute Gasteiger partial charge is 0.271 e. The molecule has 0 aliphatic carbocycles. The van der Waals surface area contributed by atoms with Gasteiger partial charge in [-0.15, -0.1) is 0 Å². The maximum absolute atomic E-state index is 11.7. The second kappa shape index (κ2) is 10.8. The van der Waals surface area contributed by atoms with Crippen LogP contribution in [0.25, 0.3) is 0 Å². The molecule has 0 radical (unpaired) electrons. The number of aromatic nitrogens is 1. The summed E-state index contributed by atoms with van der Waals surface area (Å²) in [5.74, 6) is 12.3. The Hall–Kier alpha value is -2.89. The van der Waals surface area contributed by atoms with Crippen LogP contribution in [0.2, 0.25) is 0 Å². The molecule has 1 aliphatic heterocycles. The fourth-order valence-electron chi connectivity index (χ4n) is 1.48. The topological polar surface area (TPSA) is 187 Å². The van der Waals surface area contributed by atoms with E-state index in [1.165, 1.54) is 32.2 Å². The third-order valence-electron chi connectivity index (χ3n) is 2.44. The van der Waals surface area contributed by atoms with E-state index < -0.39 is 17.7 Å². The number of imide groups is 1. The highest BCUT2D eigenvalue weighted by molar-refractivity contribution is 6.05. The Balaban J connectivity index is 0.000000773. The Morgan fingerprint density at radius 1 is 1.12 bits per heavy atom. The van der Waals surface area contributed by atoms with Gasteiger partial charge in [-0.3, -0.25) is 31.5 Å². The van der Waals surface area contributed by atoms with Crippen molar-refractivity contribution >= 4 is 29.3 Å². The SMILES string of the molecule is CC(C)=O.NN.NNc1ccc(C(=O)NN2C(=O)CCC2=O)cn1. The van der Waals surface area contributed by atoms with Gasteiger partial charge in [0.2, 0.25) is 11.8 Å². The van der Waals surface area contributed by atoms with Crippen LogP contribution in [0.5, 0.6) is 0 Å². The first-order valence-corrected chi connectivity index (χ1v) is 6.75. The number of nitrogens with two attached hydrogens (primary N) is 3. The van der Waals surface area contributed by atoms with Crippen molar-refractivity contribution in [2.24, 2.45) is 17.5 Å². The third kappa shape index (κ3) is 6.91. The van der Waals surface area contributed by atoms with Gasteiger partial charge < -0.3 is 10.2 Å². The molecule has 1 fully saturated rings. The highest BCUT2D eigenvalue weighted by Gasteiger charge is 2.30. The van der Waals surface area contributed by atoms with Crippen molar-refractivity contribution in [1.29, 1.82) is 0 Å². The first-order chi connectivity index (χ1) is 11.3. The van der Waals surface area contributed by atoms with Crippen molar-refractivity contribution in [1.82, 2.24) is 15.4 Å². The molecule has 132 valence electrons. The second-order valence-corrected chi connectivity index (χ2v) is 4.55. The zero-order valence-corrected chi connectivity index (χ0v) is 13.4. The van der Waals surface area contributed by atoms with Gasteiger partial charge in [-0.2, -0.15) is 5.01 Å². The van der Waals surface area contributed by atoms with E-state index in [9.17, 15) is 19.2 Å². The minimum absolute atomic E-state index is 0.118. The quantitative estimate of drug-likeness (QED) is 0.250. The highest BCUT2D eigenvalue weighted by atomic mass is 16.2. The van der Waals surface area contributed by atoms with Gasteiger partial charge in [0.05, 0.1) is 5.56 Å². The zero-order valence-electron chi connectivity index (χ0n) is 13.4. The summed E-state index contributed by atoms with van der Waals surface area (Å²) in [6.45, 7) is 3.06. The van der Waals surface area contributed by atoms with Crippen LogP contribution < -0.4 is 28.4 Å². The normalized spacial score (nSPS) is 12.5. The summed E-state index contributed by atoms with van der Waals surface area (Å²) in [5.41, 5.74) is 4.78. The molecular formula is C13H21N7O4. The van der Waals surface area contributed by atoms with Gasteiger partial charge in [0.1, 0.15) is 11.6 Å². The molecule has 2 rings (SSSR count). The lowest BCUT2D eigenvalue weighted by Crippen LogP contribution is -2.45. The average molecular weight is 339 g/mol. The van der Waals surface area contributed by atoms with Crippen molar-refractivity contribution in [3.63, 3.8) is 0 Å². The number of Topliss-reactive ketones (excluding diaryl/α,β-unsaturated/α-hetero) is 1. The van der Waals surface area contributed by atoms with Crippen molar-refractivity contribution in [2.45, 2.75) is 26.7 Å². The number of anilines is 1. The van der Waals surface area contributed by atoms with Crippen molar-refractivity contribution in [3.8, 4) is 0 Å². The summed E-state index contributed by atoms with van der Waals surface area (Å²) < 4.78 is 0. The standard InChI is InChI=1S/C10H11N5O3.C3H6O.H4N2/c11-13-7-2-1-6(5-12-7)10(18)14-15-8(16)3-4-9(15)17;1-3(2)4;1-2/h1-2,5H,3-4,11H2,(H,12,13)(H,14,18);1-2H3;1-2H2. The van der Waals surface area contributed by atoms with E-state index in [-0.39, 0.29) is 24.2 Å². The molecule has 1 aromatic rings. The molecule has 0 unspecified atom stereocenters. The van der Waals surface area contributed by atoms with Crippen LogP contribution in [0.3, 0.4) is 0 Å². The van der Waals surface area contributed by atoms with Crippen LogP contribution in [0.4, 0.5) is 5.82 Å². The molecule has 2 heterocycles. The van der Waals surface area contributed by atoms with Crippen molar-refractivity contribution in [3.05, 3.63) is 23.9 Å². The molecule has 0 atom stereocenters. The predicted octanol–water partition coefficient (Wildman–Crippen LogP) is -1.42. The van der Waals surface area contributed by atoms with Crippen molar-refractivity contribution in [2.75, 3.05) is 5.43 Å². The molecule has 3 amide bonds. The van der Waals surface area contributed by atoms with Gasteiger partial charge in [0, 0.05) is 19.0 Å². The molecule has 1 saturated heterocycles. The summed E-state index contributed by atoms with van der Waals surface area (Å²) in [6, 6.07) is 2.98. The lowest BCUT2D eigenvalue weighted by molar-refractivity contribution is -0.141. The number of rotatable bonds is 3. The van der Waals surface area contributed by atoms with E-state index >= 15 is 0 Å². The Bertz CT molecular complexity index is 568. The molecule has 24 heavy (non-hydrogen) atoms. The largest absolute Gasteiger partial charge is 0.308 e. The zero-order chi connectivity index (χ0) is 18.7. The number of carbonyl (C=O) groups is 4. The van der Waals surface area contributed by atoms with Gasteiger partial charge in [-0.05, 0) is 26.0 Å². The predicted molar refractivity (Wildman–Crippen MR) is 85.3 cm³/mol. The average Bonchev–Trinajstić information content (AvgIpc) is 2.88. The van der Waals surface area contributed by atoms with Crippen LogP contribution >= 0.6 is 0 Å². The molecule has 8 N–H and O–H groups in total. The summed E-state index contributed by atoms with van der Waals surface area (Å²) >= 11 is 0. The summed E-state index contributed by atoms with van der Waals surface area (Å²) in [6.07, 6.45) is 1.52. The minimum atomic E-state index is -0.574. The van der Waals surface area contributed by atoms with Crippen LogP contribution in [-0.4, -0.2) is 33.5 Å². The van der Waals surface area contributed by atoms with Gasteiger partial charge in [-0.1, -0.05) is 0 Å². The number of nitrogen functional groups attached to an aromatic ring is 1. The number of hydrogen-bond acceptors (Lipinski definition) is 9. The lowest BCUT2D eigenvalue weighted by Gasteiger charge is -2.14. The number of amides is 3. The van der Waals surface area contributed by atoms with Crippen LogP contribution in [0, 0.1) is 0 Å². The molecule has 1 aromatic heterocycles. The number of ketones is 1. The Labute approximate surface area is 138 Å². The minimum Gasteiger partial charge on any atom is -0.308 e. The molecular weight excluding hydrogens is 318 g/mol. The lowest BCUT2D eigenvalue weighted by atomic mass is 10.3. The Morgan fingerprint density at radius 2 is 1.62 bits per heavy atom. The van der Waals surface area contributed by atoms with Crippen LogP contribution in [-0.2, 0) is 14.4 Å². The number of hydrazine groups is 3. The monoisotopic (exact) mass is 339 g/mol. The fraction of sp³-hybridized carbons (Fsp3) is 0.308. The maximum atomic E-state index is 11.7. The van der Waals surface area contributed by atoms with Gasteiger partial charge in [0.25, 0.3) is 5.91 Å². The number of carbonyl (C=O) groups excluding carboxylic acids is 4. The summed E-state index contributed by atoms with van der Waals surface area (Å²) in [7, 11) is 0. The van der Waals surface area contributed by atoms with E-state index in [1.54, 1.807) is 0 Å². The first kappa shape index (κ1) is 21.1. The van der Waals surface area contributed by atoms with E-state index in [0.29, 0.717) is 5.82 Å². The van der Waals surface area contributed by atoms with E-state index in [1.807, 2.05) is 0 Å². The number of nitrogens with one attached hydrogen (secondary N) is 2. The number of hydrogen-bond donors (Lipinski definition) is 5. The molecule has 0 aromatic carbocycles. The first-order valence-electron chi connectivity index (χ1n) is 6.75. The molecule has 1 aliphatic rings. The fourth-order valence-corrected chi connectivity index (χ4v) is 1.48. The molecule has 0 saturated carbocycles. The van der Waals surface area contributed by atoms with Gasteiger partial charge >= 0.3 is 0 Å². The van der Waals surface area contributed by atoms with Gasteiger partial charge in [-0.25, -0.2) is 10.8 Å². The summed E-state index contributed by atoms with van der Waals surface area (Å²) in [5, 5.41) is 0.734. The van der Waals surface area contributed by atoms with Crippen molar-refractivity contribution < 1.29 is 19.2 Å². The van der Waals surface area contributed by atoms with Gasteiger partial charge in [0.15, 0.2) is 0 Å². The Kier molecular flexibility index (Phi) is 9.48. The maximum Gasteiger partial charge on any atom is 0.271 e. The van der Waals surface area contributed by atoms with E-state index in [2.05, 4.69) is 27.5 Å². The third-order valence-corrected chi connectivity index (χ3v) is 2.44. The van der Waals surface area contributed by atoms with E-state index in [4.69, 9.17) is 5.84 Å². The molecule has 0 spiro atoms. The highest BCUT2D eigenvalue weighted by Crippen LogP contribution is 2.10. The van der Waals surface area contributed by atoms with Crippen LogP contribution in [0.15, 0.2) is 18.3 Å². The molecule has 0 bridgehead atoms. The molecule has 11 nitrogen and oxygen atoms in total. The molecule has 11 heteroatoms. The second-order valence-electron chi connectivity index (χ2n) is 4.55. The number of nitrogens with zero attached hydrogens (tertiary/aromatic N) is 2.